The van der Waals surface area contributed by atoms with Crippen molar-refractivity contribution in [3.63, 3.8) is 0 Å². The molecular weight excluding hydrogens is 328 g/mol. The van der Waals surface area contributed by atoms with Crippen LogP contribution in [0, 0.1) is 0 Å². The smallest absolute Gasteiger partial charge is 0.0780 e. The zero-order chi connectivity index (χ0) is 18.6. The largest absolute Gasteiger partial charge is 0.265 e. The fourth-order valence-electron chi connectivity index (χ4n) is 3.50. The number of aryl methyl sites for hydroxylation is 2. The van der Waals surface area contributed by atoms with Gasteiger partial charge in [0.25, 0.3) is 0 Å². The molecule has 27 heavy (non-hydrogen) atoms. The van der Waals surface area contributed by atoms with Gasteiger partial charge < -0.3 is 0 Å². The second kappa shape index (κ2) is 7.71. The van der Waals surface area contributed by atoms with Crippen LogP contribution in [0.4, 0.5) is 0 Å². The van der Waals surface area contributed by atoms with Crippen LogP contribution >= 0.6 is 0 Å². The molecule has 0 fully saturated rings. The van der Waals surface area contributed by atoms with Crippen LogP contribution in [0.3, 0.4) is 0 Å². The maximum atomic E-state index is 4.67. The number of pyridine rings is 2. The number of rotatable bonds is 5. The quantitative estimate of drug-likeness (QED) is 0.427. The summed E-state index contributed by atoms with van der Waals surface area (Å²) in [7, 11) is 0. The highest BCUT2D eigenvalue weighted by atomic mass is 14.6. The number of nitrogens with zero attached hydrogens (tertiary/aromatic N) is 2. The molecule has 134 valence electrons. The molecule has 4 aromatic rings. The van der Waals surface area contributed by atoms with E-state index in [-0.39, 0.29) is 0 Å². The van der Waals surface area contributed by atoms with E-state index in [4.69, 9.17) is 0 Å². The van der Waals surface area contributed by atoms with Gasteiger partial charge in [-0.1, -0.05) is 44.2 Å². The summed E-state index contributed by atoms with van der Waals surface area (Å²) in [4.78, 5) is 8.77. The van der Waals surface area contributed by atoms with Gasteiger partial charge in [0, 0.05) is 29.5 Å². The maximum absolute atomic E-state index is 4.67. The van der Waals surface area contributed by atoms with E-state index in [1.165, 1.54) is 33.2 Å². The second-order valence-corrected chi connectivity index (χ2v) is 7.35. The van der Waals surface area contributed by atoms with Crippen LogP contribution in [0.25, 0.3) is 22.0 Å². The van der Waals surface area contributed by atoms with Crippen molar-refractivity contribution < 1.29 is 0 Å². The van der Waals surface area contributed by atoms with Gasteiger partial charge in [0.2, 0.25) is 0 Å². The molecule has 0 saturated heterocycles. The first-order valence-electron chi connectivity index (χ1n) is 9.57. The van der Waals surface area contributed by atoms with E-state index in [1.54, 1.807) is 0 Å². The van der Waals surface area contributed by atoms with Crippen molar-refractivity contribution in [2.24, 2.45) is 0 Å². The van der Waals surface area contributed by atoms with Crippen molar-refractivity contribution >= 4 is 10.9 Å². The number of hydrogen-bond donors (Lipinski definition) is 0. The summed E-state index contributed by atoms with van der Waals surface area (Å²) in [5, 5.41) is 1.21. The number of fused-ring (bicyclic) bond motifs is 1. The van der Waals surface area contributed by atoms with Crippen LogP contribution in [0.15, 0.2) is 79.3 Å². The number of hydrogen-bond acceptors (Lipinski definition) is 2. The third-order valence-corrected chi connectivity index (χ3v) is 5.08. The van der Waals surface area contributed by atoms with Crippen LogP contribution in [-0.4, -0.2) is 9.97 Å². The average molecular weight is 352 g/mol. The van der Waals surface area contributed by atoms with Crippen LogP contribution < -0.4 is 0 Å². The molecule has 0 spiro atoms. The Morgan fingerprint density at radius 3 is 2.41 bits per heavy atom. The highest BCUT2D eigenvalue weighted by Crippen LogP contribution is 2.32. The lowest BCUT2D eigenvalue weighted by atomic mass is 9.93. The van der Waals surface area contributed by atoms with Crippen LogP contribution in [0.2, 0.25) is 0 Å². The van der Waals surface area contributed by atoms with E-state index in [0.29, 0.717) is 5.92 Å². The average Bonchev–Trinajstić information content (AvgIpc) is 2.72. The van der Waals surface area contributed by atoms with Gasteiger partial charge in [-0.05, 0) is 71.3 Å². The van der Waals surface area contributed by atoms with Crippen molar-refractivity contribution in [3.8, 4) is 11.1 Å². The van der Waals surface area contributed by atoms with Crippen molar-refractivity contribution in [1.82, 2.24) is 9.97 Å². The van der Waals surface area contributed by atoms with Gasteiger partial charge in [-0.2, -0.15) is 0 Å². The zero-order valence-electron chi connectivity index (χ0n) is 15.9. The highest BCUT2D eigenvalue weighted by Gasteiger charge is 2.10. The Hall–Kier alpha value is -3.00. The molecular formula is C25H24N2. The van der Waals surface area contributed by atoms with Gasteiger partial charge >= 0.3 is 0 Å². The van der Waals surface area contributed by atoms with Gasteiger partial charge in [-0.25, -0.2) is 0 Å². The molecule has 0 atom stereocenters. The maximum Gasteiger partial charge on any atom is 0.0780 e. The predicted octanol–water partition coefficient (Wildman–Crippen LogP) is 6.21. The fourth-order valence-corrected chi connectivity index (χ4v) is 3.50. The van der Waals surface area contributed by atoms with Crippen molar-refractivity contribution in [1.29, 1.82) is 0 Å². The standard InChI is InChI=1S/C25H24N2/c1-18(2)23-16-22-7-4-12-27-25(22)24(17-23)21-6-3-5-20(15-21)9-8-19-10-13-26-14-11-19/h3-7,10-18H,8-9H2,1-2H3. The molecule has 0 radical (unpaired) electrons. The van der Waals surface area contributed by atoms with E-state index < -0.39 is 0 Å². The van der Waals surface area contributed by atoms with E-state index >= 15 is 0 Å². The highest BCUT2D eigenvalue weighted by molar-refractivity contribution is 5.94. The second-order valence-electron chi connectivity index (χ2n) is 7.35. The first-order chi connectivity index (χ1) is 13.2. The summed E-state index contributed by atoms with van der Waals surface area (Å²) in [6.45, 7) is 4.49. The summed E-state index contributed by atoms with van der Waals surface area (Å²) in [5.41, 5.74) is 7.57. The van der Waals surface area contributed by atoms with Gasteiger partial charge in [0.15, 0.2) is 0 Å². The van der Waals surface area contributed by atoms with Gasteiger partial charge in [-0.15, -0.1) is 0 Å². The van der Waals surface area contributed by atoms with E-state index in [0.717, 1.165) is 18.4 Å². The summed E-state index contributed by atoms with van der Waals surface area (Å²) in [5.74, 6) is 0.489. The Kier molecular flexibility index (Phi) is 4.97. The molecule has 0 N–H and O–H groups in total. The molecule has 4 rings (SSSR count). The van der Waals surface area contributed by atoms with E-state index in [1.807, 2.05) is 24.7 Å². The van der Waals surface area contributed by atoms with Crippen LogP contribution in [0.1, 0.15) is 36.5 Å². The third kappa shape index (κ3) is 3.90. The van der Waals surface area contributed by atoms with Crippen LogP contribution in [0.5, 0.6) is 0 Å². The van der Waals surface area contributed by atoms with Gasteiger partial charge in [-0.3, -0.25) is 9.97 Å². The minimum absolute atomic E-state index is 0.489. The topological polar surface area (TPSA) is 25.8 Å². The molecule has 0 aliphatic carbocycles. The minimum atomic E-state index is 0.489. The summed E-state index contributed by atoms with van der Waals surface area (Å²) >= 11 is 0. The molecule has 2 heterocycles. The van der Waals surface area contributed by atoms with Crippen molar-refractivity contribution in [3.05, 3.63) is 95.9 Å². The molecule has 0 unspecified atom stereocenters. The van der Waals surface area contributed by atoms with E-state index in [9.17, 15) is 0 Å². The Balaban J connectivity index is 1.71. The zero-order valence-corrected chi connectivity index (χ0v) is 15.9. The molecule has 0 saturated carbocycles. The summed E-state index contributed by atoms with van der Waals surface area (Å²) in [6, 6.07) is 21.8. The van der Waals surface area contributed by atoms with Gasteiger partial charge in [0.05, 0.1) is 5.52 Å². The summed E-state index contributed by atoms with van der Waals surface area (Å²) < 4.78 is 0. The molecule has 2 aromatic heterocycles. The molecule has 0 aliphatic rings. The first-order valence-corrected chi connectivity index (χ1v) is 9.57. The van der Waals surface area contributed by atoms with Crippen molar-refractivity contribution in [2.75, 3.05) is 0 Å². The lowest BCUT2D eigenvalue weighted by Gasteiger charge is -2.13. The Morgan fingerprint density at radius 2 is 1.59 bits per heavy atom. The normalized spacial score (nSPS) is 11.2. The third-order valence-electron chi connectivity index (χ3n) is 5.08. The molecule has 2 aromatic carbocycles. The minimum Gasteiger partial charge on any atom is -0.265 e. The lowest BCUT2D eigenvalue weighted by Crippen LogP contribution is -1.94. The predicted molar refractivity (Wildman–Crippen MR) is 113 cm³/mol. The van der Waals surface area contributed by atoms with Gasteiger partial charge in [0.1, 0.15) is 0 Å². The Bertz CT molecular complexity index is 1050. The van der Waals surface area contributed by atoms with Crippen LogP contribution in [-0.2, 0) is 12.8 Å². The molecule has 0 aliphatic heterocycles. The SMILES string of the molecule is CC(C)c1cc(-c2cccc(CCc3ccncc3)c2)c2ncccc2c1. The number of benzene rings is 2. The monoisotopic (exact) mass is 352 g/mol. The Labute approximate surface area is 160 Å². The first kappa shape index (κ1) is 17.4. The Morgan fingerprint density at radius 1 is 0.778 bits per heavy atom. The fraction of sp³-hybridized carbons (Fsp3) is 0.200. The summed E-state index contributed by atoms with van der Waals surface area (Å²) in [6.07, 6.45) is 7.65. The molecule has 0 bridgehead atoms. The molecule has 0 amide bonds. The van der Waals surface area contributed by atoms with E-state index in [2.05, 4.69) is 78.4 Å². The van der Waals surface area contributed by atoms with Crippen molar-refractivity contribution in [2.45, 2.75) is 32.6 Å². The molecule has 2 nitrogen and oxygen atoms in total. The molecule has 2 heteroatoms. The number of aromatic nitrogens is 2. The lowest BCUT2D eigenvalue weighted by molar-refractivity contribution is 0.869.